The van der Waals surface area contributed by atoms with Gasteiger partial charge in [0.2, 0.25) is 23.6 Å². The number of carbonyl (C=O) groups is 4. The average molecular weight is 601 g/mol. The van der Waals surface area contributed by atoms with E-state index in [1.54, 1.807) is 11.2 Å². The van der Waals surface area contributed by atoms with E-state index in [1.165, 1.54) is 6.92 Å². The van der Waals surface area contributed by atoms with Crippen LogP contribution in [0.25, 0.3) is 0 Å². The van der Waals surface area contributed by atoms with Crippen molar-refractivity contribution >= 4 is 34.4 Å². The van der Waals surface area contributed by atoms with Crippen LogP contribution in [0.1, 0.15) is 51.0 Å². The molecule has 0 saturated carbocycles. The first-order valence-corrected chi connectivity index (χ1v) is 16.6. The number of ether oxygens (including phenoxy) is 1. The summed E-state index contributed by atoms with van der Waals surface area (Å²) in [7, 11) is -1.09. The van der Waals surface area contributed by atoms with Gasteiger partial charge in [-0.25, -0.2) is 0 Å². The van der Waals surface area contributed by atoms with Crippen molar-refractivity contribution in [2.75, 3.05) is 38.3 Å². The smallest absolute Gasteiger partial charge is 0.245 e. The summed E-state index contributed by atoms with van der Waals surface area (Å²) in [4.78, 5) is 54.6. The number of hydrogen-bond acceptors (Lipinski definition) is 6. The van der Waals surface area contributed by atoms with Crippen molar-refractivity contribution < 1.29 is 28.1 Å². The van der Waals surface area contributed by atoms with Gasteiger partial charge in [0, 0.05) is 74.4 Å². The molecule has 0 bridgehead atoms. The molecule has 1 aromatic rings. The highest BCUT2D eigenvalue weighted by Crippen LogP contribution is 2.36. The Labute approximate surface area is 250 Å². The van der Waals surface area contributed by atoms with Crippen LogP contribution in [0.3, 0.4) is 0 Å². The molecule has 0 radical (unpaired) electrons. The van der Waals surface area contributed by atoms with E-state index in [1.807, 2.05) is 30.3 Å². The number of hydrogen-bond donors (Lipinski definition) is 3. The third-order valence-electron chi connectivity index (χ3n) is 8.69. The van der Waals surface area contributed by atoms with E-state index in [-0.39, 0.29) is 35.6 Å². The maximum atomic E-state index is 13.8. The third-order valence-corrected chi connectivity index (χ3v) is 9.50. The van der Waals surface area contributed by atoms with Crippen LogP contribution in [0.15, 0.2) is 42.5 Å². The molecule has 11 heteroatoms. The molecule has 1 spiro atoms. The number of benzene rings is 1. The molecule has 5 atom stereocenters. The minimum absolute atomic E-state index is 0.0423. The Hall–Kier alpha value is -3.05. The van der Waals surface area contributed by atoms with Crippen molar-refractivity contribution in [1.82, 2.24) is 20.9 Å². The molecule has 4 amide bonds. The van der Waals surface area contributed by atoms with Crippen LogP contribution in [-0.2, 0) is 41.1 Å². The second kappa shape index (κ2) is 14.9. The van der Waals surface area contributed by atoms with E-state index in [0.29, 0.717) is 77.0 Å². The lowest BCUT2D eigenvalue weighted by atomic mass is 9.75. The van der Waals surface area contributed by atoms with Gasteiger partial charge in [-0.1, -0.05) is 42.5 Å². The van der Waals surface area contributed by atoms with Crippen LogP contribution < -0.4 is 16.0 Å². The number of fused-ring (bicyclic) bond motifs is 1. The van der Waals surface area contributed by atoms with Gasteiger partial charge in [-0.3, -0.25) is 23.4 Å². The molecule has 0 aliphatic carbocycles. The van der Waals surface area contributed by atoms with Crippen molar-refractivity contribution in [1.29, 1.82) is 0 Å². The highest BCUT2D eigenvalue weighted by Gasteiger charge is 2.42. The average Bonchev–Trinajstić information content (AvgIpc) is 2.97. The first kappa shape index (κ1) is 31.9. The maximum absolute atomic E-state index is 13.8. The summed E-state index contributed by atoms with van der Waals surface area (Å²) < 4.78 is 17.3. The molecule has 2 saturated heterocycles. The summed E-state index contributed by atoms with van der Waals surface area (Å²) in [5.41, 5.74) is 0.321. The summed E-state index contributed by atoms with van der Waals surface area (Å²) in [5.74, 6) is -0.557. The summed E-state index contributed by atoms with van der Waals surface area (Å²) in [6.45, 7) is 3.22. The van der Waals surface area contributed by atoms with E-state index in [2.05, 4.69) is 28.1 Å². The lowest BCUT2D eigenvalue weighted by Gasteiger charge is -2.41. The van der Waals surface area contributed by atoms with E-state index >= 15 is 0 Å². The SMILES string of the molecule is CC(=O)N[C@@H](CCS(C)=O)C(=O)N1CC[C@@H]2NC(=O)[C@H](Cc3ccccc3)NC(=O)C3(C/C=C/C[C@@H]2C1)CCOCC3. The van der Waals surface area contributed by atoms with Crippen LogP contribution in [0.5, 0.6) is 0 Å². The molecule has 2 fully saturated rings. The first-order chi connectivity index (χ1) is 20.2. The number of likely N-dealkylation sites (tertiary alicyclic amines) is 1. The Bertz CT molecular complexity index is 1170. The lowest BCUT2D eigenvalue weighted by Crippen LogP contribution is -2.59. The normalized spacial score (nSPS) is 26.8. The minimum atomic E-state index is -1.09. The van der Waals surface area contributed by atoms with Crippen LogP contribution in [0, 0.1) is 11.3 Å². The number of rotatable bonds is 7. The van der Waals surface area contributed by atoms with Crippen LogP contribution in [-0.4, -0.2) is 89.2 Å². The Balaban J connectivity index is 1.56. The fraction of sp³-hybridized carbons (Fsp3) is 0.613. The zero-order chi connectivity index (χ0) is 30.1. The van der Waals surface area contributed by atoms with Gasteiger partial charge >= 0.3 is 0 Å². The van der Waals surface area contributed by atoms with Gasteiger partial charge in [-0.2, -0.15) is 0 Å². The molecule has 3 aliphatic heterocycles. The van der Waals surface area contributed by atoms with Gasteiger partial charge in [-0.05, 0) is 44.1 Å². The third kappa shape index (κ3) is 8.50. The molecule has 3 N–H and O–H groups in total. The molecule has 3 heterocycles. The number of amides is 4. The number of nitrogens with one attached hydrogen (secondary N) is 3. The van der Waals surface area contributed by atoms with Crippen molar-refractivity contribution in [2.45, 2.75) is 70.0 Å². The maximum Gasteiger partial charge on any atom is 0.245 e. The predicted molar refractivity (Wildman–Crippen MR) is 161 cm³/mol. The Morgan fingerprint density at radius 2 is 1.88 bits per heavy atom. The fourth-order valence-electron chi connectivity index (χ4n) is 6.19. The largest absolute Gasteiger partial charge is 0.381 e. The molecule has 3 aliphatic rings. The van der Waals surface area contributed by atoms with E-state index in [0.717, 1.165) is 5.56 Å². The fourth-order valence-corrected chi connectivity index (χ4v) is 6.76. The summed E-state index contributed by atoms with van der Waals surface area (Å²) >= 11 is 0. The summed E-state index contributed by atoms with van der Waals surface area (Å²) in [5, 5.41) is 9.06. The van der Waals surface area contributed by atoms with Crippen LogP contribution in [0.2, 0.25) is 0 Å². The van der Waals surface area contributed by atoms with Crippen LogP contribution in [0.4, 0.5) is 0 Å². The lowest BCUT2D eigenvalue weighted by molar-refractivity contribution is -0.141. The molecule has 0 aromatic heterocycles. The Morgan fingerprint density at radius 1 is 1.14 bits per heavy atom. The summed E-state index contributed by atoms with van der Waals surface area (Å²) in [6, 6.07) is 8.02. The van der Waals surface area contributed by atoms with Gasteiger partial charge in [0.25, 0.3) is 0 Å². The number of piperidine rings is 1. The zero-order valence-electron chi connectivity index (χ0n) is 24.6. The van der Waals surface area contributed by atoms with Crippen molar-refractivity contribution in [3.8, 4) is 0 Å². The number of nitrogens with zero attached hydrogens (tertiary/aromatic N) is 1. The molecule has 1 aromatic carbocycles. The highest BCUT2D eigenvalue weighted by molar-refractivity contribution is 7.84. The predicted octanol–water partition coefficient (Wildman–Crippen LogP) is 1.47. The van der Waals surface area contributed by atoms with Crippen molar-refractivity contribution in [3.05, 3.63) is 48.0 Å². The standard InChI is InChI=1S/C31H44N4O6S/c1-22(36)32-26(12-19-42(2)40)29(38)35-16-11-25-24(21-35)10-6-7-13-31(14-17-41-18-15-31)30(39)34-27(28(37)33-25)20-23-8-4-3-5-9-23/h3-9,24-27H,10-21H2,1-2H3,(H,32,36)(H,33,37)(H,34,39)/b7-6+/t24-,25+,26+,27+,42?/m1/s1. The second-order valence-corrected chi connectivity index (χ2v) is 13.3. The molecule has 10 nitrogen and oxygen atoms in total. The number of carbonyl (C=O) groups excluding carboxylic acids is 4. The van der Waals surface area contributed by atoms with Gasteiger partial charge in [-0.15, -0.1) is 0 Å². The topological polar surface area (TPSA) is 134 Å². The van der Waals surface area contributed by atoms with Gasteiger partial charge < -0.3 is 25.6 Å². The van der Waals surface area contributed by atoms with E-state index in [4.69, 9.17) is 4.74 Å². The van der Waals surface area contributed by atoms with Gasteiger partial charge in [0.05, 0.1) is 5.41 Å². The van der Waals surface area contributed by atoms with Crippen molar-refractivity contribution in [2.24, 2.45) is 11.3 Å². The Morgan fingerprint density at radius 3 is 2.57 bits per heavy atom. The minimum Gasteiger partial charge on any atom is -0.381 e. The quantitative estimate of drug-likeness (QED) is 0.406. The van der Waals surface area contributed by atoms with Crippen molar-refractivity contribution in [3.63, 3.8) is 0 Å². The summed E-state index contributed by atoms with van der Waals surface area (Å²) in [6.07, 6.45) is 9.31. The van der Waals surface area contributed by atoms with Crippen LogP contribution >= 0.6 is 0 Å². The first-order valence-electron chi connectivity index (χ1n) is 14.9. The van der Waals surface area contributed by atoms with Gasteiger partial charge in [0.15, 0.2) is 0 Å². The Kier molecular flexibility index (Phi) is 11.3. The zero-order valence-corrected chi connectivity index (χ0v) is 25.5. The molecular formula is C31H44N4O6S. The van der Waals surface area contributed by atoms with E-state index < -0.39 is 28.3 Å². The monoisotopic (exact) mass is 600 g/mol. The van der Waals surface area contributed by atoms with E-state index in [9.17, 15) is 23.4 Å². The molecular weight excluding hydrogens is 556 g/mol. The second-order valence-electron chi connectivity index (χ2n) is 11.8. The molecule has 230 valence electrons. The molecule has 1 unspecified atom stereocenters. The number of allylic oxidation sites excluding steroid dienone is 2. The molecule has 4 rings (SSSR count). The van der Waals surface area contributed by atoms with Gasteiger partial charge in [0.1, 0.15) is 12.1 Å². The highest BCUT2D eigenvalue weighted by atomic mass is 32.2. The molecule has 42 heavy (non-hydrogen) atoms.